The van der Waals surface area contributed by atoms with E-state index in [0.717, 1.165) is 10.8 Å². The summed E-state index contributed by atoms with van der Waals surface area (Å²) in [6, 6.07) is 9.33. The number of nitrogens with one attached hydrogen (secondary N) is 2. The van der Waals surface area contributed by atoms with E-state index in [-0.39, 0.29) is 5.56 Å². The van der Waals surface area contributed by atoms with Gasteiger partial charge in [0, 0.05) is 18.0 Å². The Morgan fingerprint density at radius 2 is 1.93 bits per heavy atom. The third-order valence-electron chi connectivity index (χ3n) is 3.83. The van der Waals surface area contributed by atoms with Crippen LogP contribution in [0.3, 0.4) is 0 Å². The standard InChI is InChI=1S/C19H17N5O5/c1-2-29-14-5-3-13(4-6-14)24-18(27)15(17(26)22-19(24)28)11-21-23-16(25)12-7-9-20-10-8-12/h3-11,27H,2H2,1H3,(H,23,25)(H,22,26,28)/b21-11-. The first-order valence-corrected chi connectivity index (χ1v) is 8.56. The Balaban J connectivity index is 1.90. The second-order valence-corrected chi connectivity index (χ2v) is 5.69. The van der Waals surface area contributed by atoms with Crippen LogP contribution < -0.4 is 21.4 Å². The molecule has 1 amide bonds. The van der Waals surface area contributed by atoms with Crippen LogP contribution in [0.2, 0.25) is 0 Å². The molecule has 0 unspecified atom stereocenters. The minimum atomic E-state index is -0.850. The van der Waals surface area contributed by atoms with Gasteiger partial charge in [0.05, 0.1) is 18.5 Å². The predicted molar refractivity (Wildman–Crippen MR) is 105 cm³/mol. The van der Waals surface area contributed by atoms with E-state index in [0.29, 0.717) is 23.6 Å². The molecule has 10 heteroatoms. The van der Waals surface area contributed by atoms with E-state index in [1.54, 1.807) is 24.3 Å². The molecule has 0 spiro atoms. The largest absolute Gasteiger partial charge is 0.494 e. The smallest absolute Gasteiger partial charge is 0.335 e. The molecule has 0 radical (unpaired) electrons. The molecule has 0 fully saturated rings. The van der Waals surface area contributed by atoms with E-state index < -0.39 is 23.0 Å². The van der Waals surface area contributed by atoms with Gasteiger partial charge in [0.25, 0.3) is 11.5 Å². The number of aromatic hydroxyl groups is 1. The van der Waals surface area contributed by atoms with E-state index in [9.17, 15) is 19.5 Å². The van der Waals surface area contributed by atoms with Crippen LogP contribution >= 0.6 is 0 Å². The number of pyridine rings is 1. The first-order valence-electron chi connectivity index (χ1n) is 8.56. The SMILES string of the molecule is CCOc1ccc(-n2c(O)c(/C=N\NC(=O)c3ccncc3)c(=O)[nH]c2=O)cc1. The number of hydrogen-bond donors (Lipinski definition) is 3. The summed E-state index contributed by atoms with van der Waals surface area (Å²) in [6.45, 7) is 2.32. The Hall–Kier alpha value is -4.21. The van der Waals surface area contributed by atoms with Gasteiger partial charge < -0.3 is 9.84 Å². The maximum Gasteiger partial charge on any atom is 0.335 e. The minimum absolute atomic E-state index is 0.298. The number of aromatic nitrogens is 3. The van der Waals surface area contributed by atoms with Crippen molar-refractivity contribution in [3.8, 4) is 17.3 Å². The molecule has 0 bridgehead atoms. The Bertz CT molecular complexity index is 1150. The topological polar surface area (TPSA) is 139 Å². The van der Waals surface area contributed by atoms with Crippen LogP contribution in [0.1, 0.15) is 22.8 Å². The van der Waals surface area contributed by atoms with E-state index >= 15 is 0 Å². The first-order chi connectivity index (χ1) is 14.0. The average Bonchev–Trinajstić information content (AvgIpc) is 2.72. The summed E-state index contributed by atoms with van der Waals surface area (Å²) in [5.74, 6) is -0.557. The monoisotopic (exact) mass is 395 g/mol. The number of rotatable bonds is 6. The van der Waals surface area contributed by atoms with Gasteiger partial charge in [0.2, 0.25) is 5.88 Å². The fraction of sp³-hybridized carbons (Fsp3) is 0.105. The molecule has 29 heavy (non-hydrogen) atoms. The summed E-state index contributed by atoms with van der Waals surface area (Å²) in [6.07, 6.45) is 3.85. The molecular formula is C19H17N5O5. The van der Waals surface area contributed by atoms with Crippen LogP contribution in [-0.4, -0.2) is 38.4 Å². The van der Waals surface area contributed by atoms with Crippen LogP contribution in [0.25, 0.3) is 5.69 Å². The van der Waals surface area contributed by atoms with Crippen molar-refractivity contribution in [1.29, 1.82) is 0 Å². The number of benzene rings is 1. The molecule has 2 aromatic heterocycles. The Kier molecular flexibility index (Phi) is 5.83. The third kappa shape index (κ3) is 4.38. The van der Waals surface area contributed by atoms with Crippen LogP contribution in [-0.2, 0) is 0 Å². The fourth-order valence-corrected chi connectivity index (χ4v) is 2.48. The van der Waals surface area contributed by atoms with Crippen molar-refractivity contribution >= 4 is 12.1 Å². The normalized spacial score (nSPS) is 10.8. The molecule has 0 atom stereocenters. The van der Waals surface area contributed by atoms with Gasteiger partial charge >= 0.3 is 5.69 Å². The van der Waals surface area contributed by atoms with Crippen molar-refractivity contribution in [2.45, 2.75) is 6.92 Å². The van der Waals surface area contributed by atoms with Gasteiger partial charge in [-0.3, -0.25) is 19.6 Å². The maximum atomic E-state index is 12.2. The molecule has 148 valence electrons. The van der Waals surface area contributed by atoms with Crippen LogP contribution in [0.4, 0.5) is 0 Å². The van der Waals surface area contributed by atoms with Crippen molar-refractivity contribution in [3.63, 3.8) is 0 Å². The number of H-pyrrole nitrogens is 1. The summed E-state index contributed by atoms with van der Waals surface area (Å²) >= 11 is 0. The fourth-order valence-electron chi connectivity index (χ4n) is 2.48. The zero-order valence-electron chi connectivity index (χ0n) is 15.3. The number of amides is 1. The average molecular weight is 395 g/mol. The molecule has 10 nitrogen and oxygen atoms in total. The maximum absolute atomic E-state index is 12.2. The Morgan fingerprint density at radius 1 is 1.24 bits per heavy atom. The molecule has 0 aliphatic heterocycles. The van der Waals surface area contributed by atoms with Crippen molar-refractivity contribution in [3.05, 3.63) is 80.8 Å². The molecule has 1 aromatic carbocycles. The summed E-state index contributed by atoms with van der Waals surface area (Å²) in [5.41, 5.74) is 0.882. The zero-order chi connectivity index (χ0) is 20.8. The van der Waals surface area contributed by atoms with Gasteiger partial charge in [-0.05, 0) is 43.3 Å². The Morgan fingerprint density at radius 3 is 2.59 bits per heavy atom. The highest BCUT2D eigenvalue weighted by molar-refractivity contribution is 5.94. The van der Waals surface area contributed by atoms with E-state index in [2.05, 4.69) is 20.5 Å². The molecular weight excluding hydrogens is 378 g/mol. The van der Waals surface area contributed by atoms with Crippen LogP contribution in [0.15, 0.2) is 63.5 Å². The molecule has 0 saturated carbocycles. The second kappa shape index (κ2) is 8.65. The highest BCUT2D eigenvalue weighted by atomic mass is 16.5. The molecule has 2 heterocycles. The number of carbonyl (C=O) groups excluding carboxylic acids is 1. The van der Waals surface area contributed by atoms with Gasteiger partial charge in [-0.25, -0.2) is 14.8 Å². The number of carbonyl (C=O) groups is 1. The van der Waals surface area contributed by atoms with E-state index in [4.69, 9.17) is 4.74 Å². The van der Waals surface area contributed by atoms with Gasteiger partial charge in [0.1, 0.15) is 11.3 Å². The molecule has 0 aliphatic rings. The molecule has 0 aliphatic carbocycles. The minimum Gasteiger partial charge on any atom is -0.494 e. The Labute approximate surface area is 164 Å². The lowest BCUT2D eigenvalue weighted by molar-refractivity contribution is 0.0955. The number of nitrogens with zero attached hydrogens (tertiary/aromatic N) is 3. The quantitative estimate of drug-likeness (QED) is 0.417. The van der Waals surface area contributed by atoms with Crippen LogP contribution in [0, 0.1) is 0 Å². The van der Waals surface area contributed by atoms with E-state index in [1.807, 2.05) is 6.92 Å². The predicted octanol–water partition coefficient (Wildman–Crippen LogP) is 0.789. The van der Waals surface area contributed by atoms with Gasteiger partial charge in [0.15, 0.2) is 0 Å². The van der Waals surface area contributed by atoms with E-state index in [1.165, 1.54) is 24.5 Å². The molecule has 3 rings (SSSR count). The van der Waals surface area contributed by atoms with Crippen molar-refractivity contribution in [2.75, 3.05) is 6.61 Å². The van der Waals surface area contributed by atoms with Gasteiger partial charge in [-0.1, -0.05) is 0 Å². The first kappa shape index (κ1) is 19.5. The number of hydrogen-bond acceptors (Lipinski definition) is 7. The second-order valence-electron chi connectivity index (χ2n) is 5.69. The summed E-state index contributed by atoms with van der Waals surface area (Å²) in [5, 5.41) is 14.1. The molecule has 3 N–H and O–H groups in total. The number of hydrazone groups is 1. The summed E-state index contributed by atoms with van der Waals surface area (Å²) in [7, 11) is 0. The van der Waals surface area contributed by atoms with Gasteiger partial charge in [-0.2, -0.15) is 5.10 Å². The zero-order valence-corrected chi connectivity index (χ0v) is 15.3. The highest BCUT2D eigenvalue weighted by Crippen LogP contribution is 2.18. The molecule has 3 aromatic rings. The highest BCUT2D eigenvalue weighted by Gasteiger charge is 2.14. The summed E-state index contributed by atoms with van der Waals surface area (Å²) < 4.78 is 6.24. The van der Waals surface area contributed by atoms with Crippen molar-refractivity contribution in [2.24, 2.45) is 5.10 Å². The summed E-state index contributed by atoms with van der Waals surface area (Å²) in [4.78, 5) is 42.1. The molecule has 0 saturated heterocycles. The van der Waals surface area contributed by atoms with Crippen molar-refractivity contribution in [1.82, 2.24) is 20.0 Å². The lowest BCUT2D eigenvalue weighted by Gasteiger charge is -2.10. The number of ether oxygens (including phenoxy) is 1. The van der Waals surface area contributed by atoms with Gasteiger partial charge in [-0.15, -0.1) is 0 Å². The number of aromatic amines is 1. The lowest BCUT2D eigenvalue weighted by Crippen LogP contribution is -2.31. The lowest BCUT2D eigenvalue weighted by atomic mass is 10.2. The van der Waals surface area contributed by atoms with Crippen molar-refractivity contribution < 1.29 is 14.6 Å². The van der Waals surface area contributed by atoms with Crippen LogP contribution in [0.5, 0.6) is 11.6 Å². The third-order valence-corrected chi connectivity index (χ3v) is 3.83.